The Balaban J connectivity index is 2.47. The molecule has 0 fully saturated rings. The molecular formula is C14H12BrFN2O2. The van der Waals surface area contributed by atoms with Gasteiger partial charge in [0.05, 0.1) is 5.56 Å². The van der Waals surface area contributed by atoms with Crippen LogP contribution in [0.4, 0.5) is 4.39 Å². The van der Waals surface area contributed by atoms with E-state index in [0.29, 0.717) is 17.1 Å². The van der Waals surface area contributed by atoms with Crippen molar-refractivity contribution >= 4 is 21.8 Å². The first-order chi connectivity index (χ1) is 9.51. The van der Waals surface area contributed by atoms with Gasteiger partial charge in [0.1, 0.15) is 17.3 Å². The quantitative estimate of drug-likeness (QED) is 0.387. The van der Waals surface area contributed by atoms with Gasteiger partial charge in [-0.15, -0.1) is 0 Å². The van der Waals surface area contributed by atoms with E-state index >= 15 is 0 Å². The molecule has 2 rings (SSSR count). The molecule has 6 heteroatoms. The molecule has 0 aromatic heterocycles. The molecule has 4 nitrogen and oxygen atoms in total. The number of amidine groups is 1. The molecular weight excluding hydrogens is 327 g/mol. The fourth-order valence-electron chi connectivity index (χ4n) is 1.65. The fraction of sp³-hybridized carbons (Fsp3) is 0.0714. The van der Waals surface area contributed by atoms with Gasteiger partial charge in [0.2, 0.25) is 0 Å². The SMILES string of the molecule is Cc1ccc(F)cc1Oc1cc(Br)ccc1/C(N)=N/O. The van der Waals surface area contributed by atoms with Crippen molar-refractivity contribution in [1.82, 2.24) is 0 Å². The number of nitrogens with zero attached hydrogens (tertiary/aromatic N) is 1. The summed E-state index contributed by atoms with van der Waals surface area (Å²) in [4.78, 5) is 0. The van der Waals surface area contributed by atoms with Crippen LogP contribution >= 0.6 is 15.9 Å². The second-order valence-electron chi connectivity index (χ2n) is 4.14. The number of benzene rings is 2. The van der Waals surface area contributed by atoms with E-state index in [9.17, 15) is 4.39 Å². The lowest BCUT2D eigenvalue weighted by molar-refractivity contribution is 0.318. The number of oxime groups is 1. The average Bonchev–Trinajstić information content (AvgIpc) is 2.42. The predicted octanol–water partition coefficient (Wildman–Crippen LogP) is 3.78. The molecule has 0 aliphatic heterocycles. The molecule has 0 aliphatic rings. The maximum absolute atomic E-state index is 13.3. The normalized spacial score (nSPS) is 11.4. The molecule has 3 N–H and O–H groups in total. The Morgan fingerprint density at radius 2 is 2.00 bits per heavy atom. The molecule has 0 spiro atoms. The third-order valence-corrected chi connectivity index (χ3v) is 3.19. The molecule has 0 radical (unpaired) electrons. The Kier molecular flexibility index (Phi) is 4.24. The summed E-state index contributed by atoms with van der Waals surface area (Å²) in [5, 5.41) is 11.7. The van der Waals surface area contributed by atoms with Gasteiger partial charge in [0.25, 0.3) is 0 Å². The van der Waals surface area contributed by atoms with Crippen LogP contribution in [0.3, 0.4) is 0 Å². The lowest BCUT2D eigenvalue weighted by Crippen LogP contribution is -2.14. The first-order valence-corrected chi connectivity index (χ1v) is 6.52. The van der Waals surface area contributed by atoms with Crippen LogP contribution in [0.1, 0.15) is 11.1 Å². The van der Waals surface area contributed by atoms with E-state index in [2.05, 4.69) is 21.1 Å². The predicted molar refractivity (Wildman–Crippen MR) is 77.9 cm³/mol. The zero-order chi connectivity index (χ0) is 14.7. The Morgan fingerprint density at radius 1 is 1.25 bits per heavy atom. The number of hydrogen-bond acceptors (Lipinski definition) is 3. The van der Waals surface area contributed by atoms with E-state index in [1.54, 1.807) is 31.2 Å². The zero-order valence-electron chi connectivity index (χ0n) is 10.6. The molecule has 104 valence electrons. The van der Waals surface area contributed by atoms with Crippen molar-refractivity contribution in [3.05, 3.63) is 57.8 Å². The van der Waals surface area contributed by atoms with Crippen LogP contribution in [-0.4, -0.2) is 11.0 Å². The van der Waals surface area contributed by atoms with Crippen molar-refractivity contribution in [3.63, 3.8) is 0 Å². The molecule has 0 atom stereocenters. The minimum atomic E-state index is -0.397. The van der Waals surface area contributed by atoms with Gasteiger partial charge in [-0.1, -0.05) is 27.2 Å². The van der Waals surface area contributed by atoms with Crippen LogP contribution in [-0.2, 0) is 0 Å². The smallest absolute Gasteiger partial charge is 0.173 e. The molecule has 0 aliphatic carbocycles. The van der Waals surface area contributed by atoms with Crippen molar-refractivity contribution in [2.24, 2.45) is 10.9 Å². The first kappa shape index (κ1) is 14.3. The summed E-state index contributed by atoms with van der Waals surface area (Å²) in [5.74, 6) is 0.256. The standard InChI is InChI=1S/C14H12BrFN2O2/c1-8-2-4-10(16)7-12(8)20-13-6-9(15)3-5-11(13)14(17)18-19/h2-7,19H,1H3,(H2,17,18). The lowest BCUT2D eigenvalue weighted by Gasteiger charge is -2.12. The highest BCUT2D eigenvalue weighted by Crippen LogP contribution is 2.30. The summed E-state index contributed by atoms with van der Waals surface area (Å²) in [6.45, 7) is 1.80. The summed E-state index contributed by atoms with van der Waals surface area (Å²) in [6.07, 6.45) is 0. The minimum absolute atomic E-state index is 0.0819. The van der Waals surface area contributed by atoms with Crippen LogP contribution in [0, 0.1) is 12.7 Å². The molecule has 0 bridgehead atoms. The molecule has 0 saturated heterocycles. The van der Waals surface area contributed by atoms with Gasteiger partial charge in [-0.2, -0.15) is 0 Å². The van der Waals surface area contributed by atoms with Gasteiger partial charge in [-0.25, -0.2) is 4.39 Å². The number of rotatable bonds is 3. The van der Waals surface area contributed by atoms with E-state index in [4.69, 9.17) is 15.7 Å². The van der Waals surface area contributed by atoms with E-state index in [0.717, 1.165) is 10.0 Å². The second kappa shape index (κ2) is 5.92. The van der Waals surface area contributed by atoms with Crippen molar-refractivity contribution in [2.45, 2.75) is 6.92 Å². The Morgan fingerprint density at radius 3 is 2.70 bits per heavy atom. The number of ether oxygens (including phenoxy) is 1. The molecule has 20 heavy (non-hydrogen) atoms. The highest BCUT2D eigenvalue weighted by molar-refractivity contribution is 9.10. The summed E-state index contributed by atoms with van der Waals surface area (Å²) in [6, 6.07) is 9.30. The summed E-state index contributed by atoms with van der Waals surface area (Å²) in [5.41, 5.74) is 6.79. The minimum Gasteiger partial charge on any atom is -0.456 e. The highest BCUT2D eigenvalue weighted by atomic mass is 79.9. The first-order valence-electron chi connectivity index (χ1n) is 5.72. The zero-order valence-corrected chi connectivity index (χ0v) is 12.2. The number of aryl methyl sites for hydroxylation is 1. The van der Waals surface area contributed by atoms with Gasteiger partial charge in [0.15, 0.2) is 5.84 Å². The van der Waals surface area contributed by atoms with Crippen LogP contribution in [0.2, 0.25) is 0 Å². The van der Waals surface area contributed by atoms with Gasteiger partial charge < -0.3 is 15.7 Å². The molecule has 0 amide bonds. The van der Waals surface area contributed by atoms with Gasteiger partial charge in [0, 0.05) is 10.5 Å². The Labute approximate surface area is 123 Å². The average molecular weight is 339 g/mol. The van der Waals surface area contributed by atoms with Crippen LogP contribution < -0.4 is 10.5 Å². The van der Waals surface area contributed by atoms with Crippen LogP contribution in [0.25, 0.3) is 0 Å². The maximum atomic E-state index is 13.3. The molecule has 2 aromatic rings. The largest absolute Gasteiger partial charge is 0.456 e. The Hall–Kier alpha value is -2.08. The van der Waals surface area contributed by atoms with E-state index in [1.807, 2.05) is 0 Å². The van der Waals surface area contributed by atoms with E-state index in [1.165, 1.54) is 12.1 Å². The van der Waals surface area contributed by atoms with Crippen LogP contribution in [0.5, 0.6) is 11.5 Å². The van der Waals surface area contributed by atoms with E-state index < -0.39 is 5.82 Å². The third-order valence-electron chi connectivity index (χ3n) is 2.70. The molecule has 0 heterocycles. The Bertz CT molecular complexity index is 674. The second-order valence-corrected chi connectivity index (χ2v) is 5.05. The third kappa shape index (κ3) is 3.08. The van der Waals surface area contributed by atoms with Gasteiger partial charge in [-0.05, 0) is 36.8 Å². The van der Waals surface area contributed by atoms with Crippen molar-refractivity contribution in [1.29, 1.82) is 0 Å². The van der Waals surface area contributed by atoms with Crippen molar-refractivity contribution < 1.29 is 14.3 Å². The number of halogens is 2. The van der Waals surface area contributed by atoms with Crippen molar-refractivity contribution in [2.75, 3.05) is 0 Å². The summed E-state index contributed by atoms with van der Waals surface area (Å²) >= 11 is 3.32. The number of nitrogens with two attached hydrogens (primary N) is 1. The van der Waals surface area contributed by atoms with Crippen molar-refractivity contribution in [3.8, 4) is 11.5 Å². The monoisotopic (exact) mass is 338 g/mol. The lowest BCUT2D eigenvalue weighted by atomic mass is 10.1. The molecule has 2 aromatic carbocycles. The van der Waals surface area contributed by atoms with Gasteiger partial charge in [-0.3, -0.25) is 0 Å². The van der Waals surface area contributed by atoms with Gasteiger partial charge >= 0.3 is 0 Å². The van der Waals surface area contributed by atoms with Crippen LogP contribution in [0.15, 0.2) is 46.0 Å². The topological polar surface area (TPSA) is 67.8 Å². The summed E-state index contributed by atoms with van der Waals surface area (Å²) in [7, 11) is 0. The van der Waals surface area contributed by atoms with E-state index in [-0.39, 0.29) is 5.84 Å². The molecule has 0 unspecified atom stereocenters. The number of hydrogen-bond donors (Lipinski definition) is 2. The molecule has 0 saturated carbocycles. The maximum Gasteiger partial charge on any atom is 0.173 e. The summed E-state index contributed by atoms with van der Waals surface area (Å²) < 4.78 is 19.7. The fourth-order valence-corrected chi connectivity index (χ4v) is 1.99. The highest BCUT2D eigenvalue weighted by Gasteiger charge is 2.12.